The second-order valence-corrected chi connectivity index (χ2v) is 8.78. The first kappa shape index (κ1) is 20.3. The summed E-state index contributed by atoms with van der Waals surface area (Å²) in [5.74, 6) is 0.911. The van der Waals surface area contributed by atoms with E-state index in [4.69, 9.17) is 4.74 Å². The molecule has 2 aromatic carbocycles. The van der Waals surface area contributed by atoms with Crippen LogP contribution in [-0.4, -0.2) is 31.2 Å². The number of nitrogens with zero attached hydrogens (tertiary/aromatic N) is 1. The summed E-state index contributed by atoms with van der Waals surface area (Å²) in [6.07, 6.45) is 0.216. The third kappa shape index (κ3) is 4.50. The molecule has 0 radical (unpaired) electrons. The van der Waals surface area contributed by atoms with Gasteiger partial charge >= 0.3 is 0 Å². The molecular weight excluding hydrogens is 372 g/mol. The molecule has 3 rings (SSSR count). The second kappa shape index (κ2) is 8.27. The van der Waals surface area contributed by atoms with Crippen molar-refractivity contribution in [2.75, 3.05) is 29.6 Å². The maximum absolute atomic E-state index is 12.6. The molecule has 5 nitrogen and oxygen atoms in total. The van der Waals surface area contributed by atoms with Crippen molar-refractivity contribution in [3.63, 3.8) is 0 Å². The Hall–Kier alpha value is -2.47. The Kier molecular flexibility index (Phi) is 5.98. The molecule has 28 heavy (non-hydrogen) atoms. The van der Waals surface area contributed by atoms with E-state index in [0.29, 0.717) is 23.7 Å². The van der Waals surface area contributed by atoms with Gasteiger partial charge < -0.3 is 15.0 Å². The van der Waals surface area contributed by atoms with Gasteiger partial charge in [0.25, 0.3) is 0 Å². The van der Waals surface area contributed by atoms with Crippen molar-refractivity contribution in [3.05, 3.63) is 48.0 Å². The van der Waals surface area contributed by atoms with Crippen LogP contribution in [0, 0.1) is 0 Å². The Morgan fingerprint density at radius 1 is 1.21 bits per heavy atom. The molecule has 0 saturated heterocycles. The molecule has 0 fully saturated rings. The predicted molar refractivity (Wildman–Crippen MR) is 114 cm³/mol. The lowest BCUT2D eigenvalue weighted by atomic mass is 9.87. The molecule has 1 heterocycles. The fourth-order valence-corrected chi connectivity index (χ4v) is 4.03. The SMILES string of the molecule is COc1ccc(C(C)(C)C)cc1NC(=O)CCN1C(=O)CSc2ccccc21. The van der Waals surface area contributed by atoms with Gasteiger partial charge in [-0.3, -0.25) is 9.59 Å². The normalized spacial score (nSPS) is 13.9. The Bertz CT molecular complexity index is 890. The molecule has 0 bridgehead atoms. The Labute approximate surface area is 170 Å². The number of benzene rings is 2. The van der Waals surface area contributed by atoms with Crippen LogP contribution in [0.25, 0.3) is 0 Å². The van der Waals surface area contributed by atoms with E-state index in [0.717, 1.165) is 16.1 Å². The number of carbonyl (C=O) groups is 2. The van der Waals surface area contributed by atoms with Crippen molar-refractivity contribution < 1.29 is 14.3 Å². The molecule has 1 aliphatic rings. The maximum Gasteiger partial charge on any atom is 0.237 e. The van der Waals surface area contributed by atoms with Gasteiger partial charge in [-0.2, -0.15) is 0 Å². The monoisotopic (exact) mass is 398 g/mol. The van der Waals surface area contributed by atoms with Gasteiger partial charge in [-0.15, -0.1) is 11.8 Å². The summed E-state index contributed by atoms with van der Waals surface area (Å²) in [6, 6.07) is 13.6. The number of fused-ring (bicyclic) bond motifs is 1. The number of ether oxygens (including phenoxy) is 1. The number of anilines is 2. The van der Waals surface area contributed by atoms with Crippen molar-refractivity contribution in [1.29, 1.82) is 0 Å². The lowest BCUT2D eigenvalue weighted by Gasteiger charge is -2.28. The molecule has 2 aromatic rings. The van der Waals surface area contributed by atoms with Gasteiger partial charge in [-0.1, -0.05) is 39.0 Å². The fourth-order valence-electron chi connectivity index (χ4n) is 3.10. The third-order valence-electron chi connectivity index (χ3n) is 4.71. The van der Waals surface area contributed by atoms with E-state index in [1.54, 1.807) is 12.0 Å². The van der Waals surface area contributed by atoms with Crippen molar-refractivity contribution in [3.8, 4) is 5.75 Å². The predicted octanol–water partition coefficient (Wildman–Crippen LogP) is 4.46. The number of hydrogen-bond acceptors (Lipinski definition) is 4. The molecular formula is C22H26N2O3S. The van der Waals surface area contributed by atoms with Crippen LogP contribution in [0.1, 0.15) is 32.8 Å². The van der Waals surface area contributed by atoms with Gasteiger partial charge in [-0.05, 0) is 35.2 Å². The highest BCUT2D eigenvalue weighted by atomic mass is 32.2. The minimum absolute atomic E-state index is 0.0313. The molecule has 6 heteroatoms. The molecule has 0 aliphatic carbocycles. The quantitative estimate of drug-likeness (QED) is 0.808. The molecule has 0 spiro atoms. The number of thioether (sulfide) groups is 1. The maximum atomic E-state index is 12.6. The van der Waals surface area contributed by atoms with E-state index >= 15 is 0 Å². The first-order valence-electron chi connectivity index (χ1n) is 9.30. The lowest BCUT2D eigenvalue weighted by Crippen LogP contribution is -2.37. The first-order valence-corrected chi connectivity index (χ1v) is 10.3. The molecule has 0 unspecified atom stereocenters. The summed E-state index contributed by atoms with van der Waals surface area (Å²) in [5.41, 5.74) is 2.61. The number of hydrogen-bond donors (Lipinski definition) is 1. The van der Waals surface area contributed by atoms with E-state index in [9.17, 15) is 9.59 Å². The van der Waals surface area contributed by atoms with Crippen LogP contribution in [0.3, 0.4) is 0 Å². The first-order chi connectivity index (χ1) is 13.3. The van der Waals surface area contributed by atoms with E-state index in [1.807, 2.05) is 42.5 Å². The molecule has 0 saturated carbocycles. The number of methoxy groups -OCH3 is 1. The summed E-state index contributed by atoms with van der Waals surface area (Å²) >= 11 is 1.54. The Morgan fingerprint density at radius 2 is 1.96 bits per heavy atom. The molecule has 148 valence electrons. The number of rotatable bonds is 5. The zero-order valence-electron chi connectivity index (χ0n) is 16.7. The van der Waals surface area contributed by atoms with E-state index < -0.39 is 0 Å². The number of nitrogens with one attached hydrogen (secondary N) is 1. The summed E-state index contributed by atoms with van der Waals surface area (Å²) in [4.78, 5) is 27.7. The number of amides is 2. The zero-order valence-corrected chi connectivity index (χ0v) is 17.6. The van der Waals surface area contributed by atoms with Crippen molar-refractivity contribution >= 4 is 35.0 Å². The zero-order chi connectivity index (χ0) is 20.3. The van der Waals surface area contributed by atoms with Gasteiger partial charge in [-0.25, -0.2) is 0 Å². The number of carbonyl (C=O) groups excluding carboxylic acids is 2. The summed E-state index contributed by atoms with van der Waals surface area (Å²) < 4.78 is 5.39. The summed E-state index contributed by atoms with van der Waals surface area (Å²) in [6.45, 7) is 6.72. The highest BCUT2D eigenvalue weighted by molar-refractivity contribution is 8.00. The molecule has 1 aliphatic heterocycles. The lowest BCUT2D eigenvalue weighted by molar-refractivity contribution is -0.117. The highest BCUT2D eigenvalue weighted by Crippen LogP contribution is 2.35. The van der Waals surface area contributed by atoms with Crippen molar-refractivity contribution in [1.82, 2.24) is 0 Å². The van der Waals surface area contributed by atoms with Crippen LogP contribution in [0.5, 0.6) is 5.75 Å². The molecule has 0 atom stereocenters. The van der Waals surface area contributed by atoms with Gasteiger partial charge in [0, 0.05) is 17.9 Å². The summed E-state index contributed by atoms with van der Waals surface area (Å²) in [7, 11) is 1.59. The van der Waals surface area contributed by atoms with Crippen LogP contribution < -0.4 is 15.0 Å². The fraction of sp³-hybridized carbons (Fsp3) is 0.364. The topological polar surface area (TPSA) is 58.6 Å². The van der Waals surface area contributed by atoms with E-state index in [-0.39, 0.29) is 23.7 Å². The highest BCUT2D eigenvalue weighted by Gasteiger charge is 2.25. The van der Waals surface area contributed by atoms with Crippen LogP contribution in [0.15, 0.2) is 47.4 Å². The van der Waals surface area contributed by atoms with E-state index in [2.05, 4.69) is 26.1 Å². The van der Waals surface area contributed by atoms with Crippen LogP contribution in [0.4, 0.5) is 11.4 Å². The van der Waals surface area contributed by atoms with Gasteiger partial charge in [0.15, 0.2) is 0 Å². The minimum atomic E-state index is -0.145. The third-order valence-corrected chi connectivity index (χ3v) is 5.76. The van der Waals surface area contributed by atoms with Crippen molar-refractivity contribution in [2.24, 2.45) is 0 Å². The average Bonchev–Trinajstić information content (AvgIpc) is 2.66. The van der Waals surface area contributed by atoms with Crippen LogP contribution in [-0.2, 0) is 15.0 Å². The Balaban J connectivity index is 1.71. The summed E-state index contributed by atoms with van der Waals surface area (Å²) in [5, 5.41) is 2.95. The standard InChI is InChI=1S/C22H26N2O3S/c1-22(2,3)15-9-10-18(27-4)16(13-15)23-20(25)11-12-24-17-7-5-6-8-19(17)28-14-21(24)26/h5-10,13H,11-12,14H2,1-4H3,(H,23,25). The second-order valence-electron chi connectivity index (χ2n) is 7.77. The van der Waals surface area contributed by atoms with Gasteiger partial charge in [0.1, 0.15) is 5.75 Å². The molecule has 0 aromatic heterocycles. The van der Waals surface area contributed by atoms with Gasteiger partial charge in [0.2, 0.25) is 11.8 Å². The molecule has 2 amide bonds. The minimum Gasteiger partial charge on any atom is -0.495 e. The van der Waals surface area contributed by atoms with E-state index in [1.165, 1.54) is 11.8 Å². The largest absolute Gasteiger partial charge is 0.495 e. The number of para-hydroxylation sites is 1. The van der Waals surface area contributed by atoms with Crippen LogP contribution >= 0.6 is 11.8 Å². The smallest absolute Gasteiger partial charge is 0.237 e. The Morgan fingerprint density at radius 3 is 2.68 bits per heavy atom. The van der Waals surface area contributed by atoms with Crippen LogP contribution in [0.2, 0.25) is 0 Å². The van der Waals surface area contributed by atoms with Gasteiger partial charge in [0.05, 0.1) is 24.2 Å². The van der Waals surface area contributed by atoms with Crippen molar-refractivity contribution in [2.45, 2.75) is 37.5 Å². The average molecular weight is 399 g/mol. The molecule has 1 N–H and O–H groups in total.